The molecule has 1 unspecified atom stereocenters. The first-order valence-electron chi connectivity index (χ1n) is 3.93. The maximum atomic E-state index is 10.8. The van der Waals surface area contributed by atoms with Gasteiger partial charge in [0.15, 0.2) is 5.76 Å². The third-order valence-electron chi connectivity index (χ3n) is 1.49. The fourth-order valence-electron chi connectivity index (χ4n) is 0.754. The Kier molecular flexibility index (Phi) is 4.33. The summed E-state index contributed by atoms with van der Waals surface area (Å²) < 4.78 is 4.40. The van der Waals surface area contributed by atoms with Gasteiger partial charge in [-0.1, -0.05) is 6.58 Å². The predicted octanol–water partition coefficient (Wildman–Crippen LogP) is 0.248. The monoisotopic (exact) mass is 202 g/mol. The number of carbonyl (C=O) groups excluding carboxylic acids is 1. The van der Waals surface area contributed by atoms with Crippen LogP contribution >= 0.6 is 0 Å². The molecule has 0 saturated heterocycles. The lowest BCUT2D eigenvalue weighted by atomic mass is 10.1. The van der Waals surface area contributed by atoms with E-state index in [1.165, 1.54) is 13.8 Å². The predicted molar refractivity (Wildman–Crippen MR) is 49.3 cm³/mol. The maximum Gasteiger partial charge on any atom is 0.333 e. The van der Waals surface area contributed by atoms with Crippen molar-refractivity contribution in [2.45, 2.75) is 19.6 Å². The number of aliphatic hydroxyl groups excluding tert-OH is 2. The van der Waals surface area contributed by atoms with E-state index < -0.39 is 24.1 Å². The van der Waals surface area contributed by atoms with Crippen LogP contribution in [0.1, 0.15) is 13.8 Å². The Morgan fingerprint density at radius 3 is 2.36 bits per heavy atom. The van der Waals surface area contributed by atoms with Gasteiger partial charge < -0.3 is 20.1 Å². The lowest BCUT2D eigenvalue weighted by molar-refractivity contribution is -0.212. The van der Waals surface area contributed by atoms with Crippen LogP contribution in [0.3, 0.4) is 0 Å². The van der Waals surface area contributed by atoms with Crippen LogP contribution in [0.15, 0.2) is 24.0 Å². The quantitative estimate of drug-likeness (QED) is 0.263. The van der Waals surface area contributed by atoms with Crippen molar-refractivity contribution in [3.8, 4) is 0 Å². The minimum atomic E-state index is -2.38. The molecule has 5 nitrogen and oxygen atoms in total. The molecule has 0 rings (SSSR count). The Morgan fingerprint density at radius 2 is 2.07 bits per heavy atom. The van der Waals surface area contributed by atoms with Crippen molar-refractivity contribution in [3.05, 3.63) is 24.0 Å². The van der Waals surface area contributed by atoms with Gasteiger partial charge in [0.25, 0.3) is 5.79 Å². The smallest absolute Gasteiger partial charge is 0.333 e. The highest BCUT2D eigenvalue weighted by Crippen LogP contribution is 2.19. The molecule has 0 aromatic carbocycles. The summed E-state index contributed by atoms with van der Waals surface area (Å²) in [5.74, 6) is -3.91. The number of hydrogen-bond donors (Lipinski definition) is 3. The van der Waals surface area contributed by atoms with Gasteiger partial charge in [0.1, 0.15) is 6.61 Å². The first-order valence-corrected chi connectivity index (χ1v) is 3.93. The highest BCUT2D eigenvalue weighted by atomic mass is 16.7. The van der Waals surface area contributed by atoms with Gasteiger partial charge in [-0.3, -0.25) is 0 Å². The van der Waals surface area contributed by atoms with E-state index in [-0.39, 0.29) is 0 Å². The first-order chi connectivity index (χ1) is 6.37. The van der Waals surface area contributed by atoms with Crippen LogP contribution < -0.4 is 0 Å². The molecular weight excluding hydrogens is 188 g/mol. The number of carbonyl (C=O) groups is 1. The number of allylic oxidation sites excluding steroid dienone is 1. The molecule has 0 aliphatic rings. The molecule has 0 heterocycles. The zero-order chi connectivity index (χ0) is 11.4. The molecule has 14 heavy (non-hydrogen) atoms. The van der Waals surface area contributed by atoms with E-state index in [1.54, 1.807) is 0 Å². The summed E-state index contributed by atoms with van der Waals surface area (Å²) in [5.41, 5.74) is 0.332. The molecule has 80 valence electrons. The van der Waals surface area contributed by atoms with Crippen LogP contribution in [-0.4, -0.2) is 33.7 Å². The summed E-state index contributed by atoms with van der Waals surface area (Å²) in [7, 11) is 0. The van der Waals surface area contributed by atoms with Gasteiger partial charge in [0, 0.05) is 6.08 Å². The maximum absolute atomic E-state index is 10.8. The largest absolute Gasteiger partial charge is 0.506 e. The van der Waals surface area contributed by atoms with Gasteiger partial charge in [0.2, 0.25) is 0 Å². The number of hydrogen-bond acceptors (Lipinski definition) is 5. The second kappa shape index (κ2) is 4.78. The summed E-state index contributed by atoms with van der Waals surface area (Å²) in [6.45, 7) is 5.19. The average molecular weight is 202 g/mol. The van der Waals surface area contributed by atoms with Crippen LogP contribution in [-0.2, 0) is 9.53 Å². The minimum Gasteiger partial charge on any atom is -0.506 e. The van der Waals surface area contributed by atoms with Crippen molar-refractivity contribution < 1.29 is 24.9 Å². The Labute approximate surface area is 81.9 Å². The summed E-state index contributed by atoms with van der Waals surface area (Å²) in [5, 5.41) is 27.7. The van der Waals surface area contributed by atoms with Crippen LogP contribution in [0.2, 0.25) is 0 Å². The van der Waals surface area contributed by atoms with Gasteiger partial charge in [-0.25, -0.2) is 4.79 Å². The molecule has 0 aliphatic carbocycles. The van der Waals surface area contributed by atoms with Crippen molar-refractivity contribution >= 4 is 5.97 Å². The summed E-state index contributed by atoms with van der Waals surface area (Å²) in [6, 6.07) is 0. The standard InChI is InChI=1S/C9H14O5/c1-4-7(11)14-9(13,5-10)8(12)6(2)3/h4,10,12-13H,1,5H2,2-3H3. The minimum absolute atomic E-state index is 0.332. The number of aliphatic hydroxyl groups is 3. The average Bonchev–Trinajstić information content (AvgIpc) is 2.15. The van der Waals surface area contributed by atoms with E-state index in [4.69, 9.17) is 5.11 Å². The molecule has 0 radical (unpaired) electrons. The van der Waals surface area contributed by atoms with Crippen LogP contribution in [0.4, 0.5) is 0 Å². The summed E-state index contributed by atoms with van der Waals surface area (Å²) >= 11 is 0. The highest BCUT2D eigenvalue weighted by molar-refractivity contribution is 5.81. The Bertz CT molecular complexity index is 264. The SMILES string of the molecule is C=CC(=O)OC(O)(CO)C(O)=C(C)C. The van der Waals surface area contributed by atoms with Crippen molar-refractivity contribution in [3.63, 3.8) is 0 Å². The Hall–Kier alpha value is -1.33. The van der Waals surface area contributed by atoms with Crippen molar-refractivity contribution in [1.82, 2.24) is 0 Å². The van der Waals surface area contributed by atoms with Gasteiger partial charge in [-0.05, 0) is 19.4 Å². The zero-order valence-electron chi connectivity index (χ0n) is 8.15. The van der Waals surface area contributed by atoms with Gasteiger partial charge in [-0.2, -0.15) is 0 Å². The Balaban J connectivity index is 4.90. The molecule has 0 aliphatic heterocycles. The van der Waals surface area contributed by atoms with Crippen LogP contribution in [0.5, 0.6) is 0 Å². The van der Waals surface area contributed by atoms with E-state index in [2.05, 4.69) is 11.3 Å². The molecule has 0 bridgehead atoms. The second-order valence-corrected chi connectivity index (χ2v) is 2.92. The molecule has 0 amide bonds. The topological polar surface area (TPSA) is 87.0 Å². The fraction of sp³-hybridized carbons (Fsp3) is 0.444. The van der Waals surface area contributed by atoms with Gasteiger partial charge in [0.05, 0.1) is 0 Å². The highest BCUT2D eigenvalue weighted by Gasteiger charge is 2.36. The van der Waals surface area contributed by atoms with E-state index >= 15 is 0 Å². The van der Waals surface area contributed by atoms with Gasteiger partial charge in [-0.15, -0.1) is 0 Å². The Morgan fingerprint density at radius 1 is 1.57 bits per heavy atom. The first kappa shape index (κ1) is 12.7. The molecular formula is C9H14O5. The number of esters is 1. The molecule has 5 heteroatoms. The molecule has 0 spiro atoms. The van der Waals surface area contributed by atoms with Crippen molar-refractivity contribution in [2.24, 2.45) is 0 Å². The van der Waals surface area contributed by atoms with Crippen LogP contribution in [0.25, 0.3) is 0 Å². The van der Waals surface area contributed by atoms with Crippen molar-refractivity contribution in [2.75, 3.05) is 6.61 Å². The van der Waals surface area contributed by atoms with E-state index in [0.717, 1.165) is 6.08 Å². The zero-order valence-corrected chi connectivity index (χ0v) is 8.15. The van der Waals surface area contributed by atoms with E-state index in [0.29, 0.717) is 5.57 Å². The molecule has 0 aromatic rings. The third kappa shape index (κ3) is 2.86. The molecule has 0 aromatic heterocycles. The molecule has 0 fully saturated rings. The number of rotatable bonds is 4. The number of ether oxygens (including phenoxy) is 1. The fourth-order valence-corrected chi connectivity index (χ4v) is 0.754. The normalized spacial score (nSPS) is 14.0. The van der Waals surface area contributed by atoms with Crippen LogP contribution in [0, 0.1) is 0 Å². The lowest BCUT2D eigenvalue weighted by Gasteiger charge is -2.25. The van der Waals surface area contributed by atoms with E-state index in [1.807, 2.05) is 0 Å². The second-order valence-electron chi connectivity index (χ2n) is 2.92. The molecule has 0 saturated carbocycles. The molecule has 3 N–H and O–H groups in total. The van der Waals surface area contributed by atoms with Crippen molar-refractivity contribution in [1.29, 1.82) is 0 Å². The molecule has 1 atom stereocenters. The lowest BCUT2D eigenvalue weighted by Crippen LogP contribution is -2.41. The van der Waals surface area contributed by atoms with Gasteiger partial charge >= 0.3 is 5.97 Å². The summed E-state index contributed by atoms with van der Waals surface area (Å²) in [4.78, 5) is 10.8. The third-order valence-corrected chi connectivity index (χ3v) is 1.49. The van der Waals surface area contributed by atoms with E-state index in [9.17, 15) is 15.0 Å². The summed E-state index contributed by atoms with van der Waals surface area (Å²) in [6.07, 6.45) is 0.818.